The topological polar surface area (TPSA) is 84.1 Å². The molecule has 0 bridgehead atoms. The molecule has 7 rings (SSSR count). The highest BCUT2D eigenvalue weighted by molar-refractivity contribution is 9.10. The van der Waals surface area contributed by atoms with Crippen molar-refractivity contribution in [2.24, 2.45) is 9.98 Å². The highest BCUT2D eigenvalue weighted by atomic mass is 79.9. The normalized spacial score (nSPS) is 15.0. The molecular weight excluding hydrogens is 604 g/mol. The third kappa shape index (κ3) is 4.81. The number of benzene rings is 4. The summed E-state index contributed by atoms with van der Waals surface area (Å²) in [6.45, 7) is 4.16. The summed E-state index contributed by atoms with van der Waals surface area (Å²) >= 11 is 3.69. The lowest BCUT2D eigenvalue weighted by Gasteiger charge is -2.40. The van der Waals surface area contributed by atoms with Gasteiger partial charge in [-0.15, -0.1) is 0 Å². The van der Waals surface area contributed by atoms with Gasteiger partial charge >= 0.3 is 5.97 Å². The minimum absolute atomic E-state index is 0.225. The summed E-state index contributed by atoms with van der Waals surface area (Å²) in [5, 5.41) is 8.48. The molecule has 43 heavy (non-hydrogen) atoms. The Hall–Kier alpha value is -5.02. The summed E-state index contributed by atoms with van der Waals surface area (Å²) in [6, 6.07) is 33.4. The molecule has 3 heterocycles. The molecule has 0 spiro atoms. The maximum Gasteiger partial charge on any atom is 0.338 e. The molecule has 1 aromatic heterocycles. The SMILES string of the molecule is CCOC(=O)c1ccc(NC2=Nc3ccccc3N3C2=Nc2c(c(C)nn2-c2ccccc2)C3c2cccc(Br)c2)cc1. The molecule has 212 valence electrons. The van der Waals surface area contributed by atoms with E-state index < -0.39 is 0 Å². The number of ether oxygens (including phenoxy) is 1. The number of aliphatic imine (C=N–C) groups is 2. The maximum atomic E-state index is 12.2. The van der Waals surface area contributed by atoms with E-state index in [0.29, 0.717) is 23.8 Å². The first-order valence-electron chi connectivity index (χ1n) is 14.0. The second-order valence-corrected chi connectivity index (χ2v) is 11.1. The second-order valence-electron chi connectivity index (χ2n) is 10.2. The van der Waals surface area contributed by atoms with E-state index in [2.05, 4.69) is 50.4 Å². The molecule has 5 aromatic rings. The molecular formula is C34H27BrN6O2. The smallest absolute Gasteiger partial charge is 0.338 e. The minimum atomic E-state index is -0.352. The van der Waals surface area contributed by atoms with Gasteiger partial charge in [-0.25, -0.2) is 19.5 Å². The van der Waals surface area contributed by atoms with Gasteiger partial charge in [0.25, 0.3) is 0 Å². The lowest BCUT2D eigenvalue weighted by Crippen LogP contribution is -2.46. The van der Waals surface area contributed by atoms with Crippen molar-refractivity contribution in [3.8, 4) is 5.69 Å². The molecule has 8 nitrogen and oxygen atoms in total. The van der Waals surface area contributed by atoms with E-state index in [9.17, 15) is 4.79 Å². The molecule has 0 saturated heterocycles. The number of fused-ring (bicyclic) bond motifs is 4. The number of rotatable bonds is 5. The quantitative estimate of drug-likeness (QED) is 0.199. The van der Waals surface area contributed by atoms with Crippen LogP contribution in [0.1, 0.15) is 40.1 Å². The number of amidine groups is 2. The fraction of sp³-hybridized carbons (Fsp3) is 0.118. The van der Waals surface area contributed by atoms with Gasteiger partial charge in [-0.05, 0) is 80.1 Å². The van der Waals surface area contributed by atoms with Crippen LogP contribution in [0.2, 0.25) is 0 Å². The van der Waals surface area contributed by atoms with E-state index in [4.69, 9.17) is 19.8 Å². The Labute approximate surface area is 257 Å². The number of halogens is 1. The molecule has 0 fully saturated rings. The highest BCUT2D eigenvalue weighted by Gasteiger charge is 2.41. The molecule has 1 atom stereocenters. The monoisotopic (exact) mass is 630 g/mol. The Bertz CT molecular complexity index is 1910. The molecule has 0 saturated carbocycles. The van der Waals surface area contributed by atoms with E-state index >= 15 is 0 Å². The number of para-hydroxylation sites is 3. The van der Waals surface area contributed by atoms with Crippen LogP contribution in [0.15, 0.2) is 118 Å². The van der Waals surface area contributed by atoms with Crippen LogP contribution in [0, 0.1) is 6.92 Å². The van der Waals surface area contributed by atoms with E-state index in [0.717, 1.165) is 49.9 Å². The van der Waals surface area contributed by atoms with Crippen LogP contribution in [0.5, 0.6) is 0 Å². The molecule has 1 N–H and O–H groups in total. The van der Waals surface area contributed by atoms with Gasteiger partial charge in [0.15, 0.2) is 17.5 Å². The predicted octanol–water partition coefficient (Wildman–Crippen LogP) is 7.92. The molecule has 1 unspecified atom stereocenters. The van der Waals surface area contributed by atoms with Crippen LogP contribution < -0.4 is 10.2 Å². The zero-order valence-corrected chi connectivity index (χ0v) is 25.1. The van der Waals surface area contributed by atoms with Gasteiger partial charge in [0.05, 0.1) is 41.0 Å². The van der Waals surface area contributed by atoms with Crippen molar-refractivity contribution in [1.82, 2.24) is 9.78 Å². The summed E-state index contributed by atoms with van der Waals surface area (Å²) in [6.07, 6.45) is 0. The average molecular weight is 632 g/mol. The number of esters is 1. The number of anilines is 2. The first kappa shape index (κ1) is 26.9. The van der Waals surface area contributed by atoms with Gasteiger partial charge < -0.3 is 15.0 Å². The first-order chi connectivity index (χ1) is 21.0. The molecule has 2 aliphatic rings. The number of hydrogen-bond acceptors (Lipinski definition) is 7. The average Bonchev–Trinajstić information content (AvgIpc) is 3.36. The summed E-state index contributed by atoms with van der Waals surface area (Å²) in [5.41, 5.74) is 6.98. The molecule has 9 heteroatoms. The standard InChI is InChI=1S/C34H27BrN6O2/c1-3-43-34(42)22-16-18-25(19-17-22)36-31-33-38-32-29(21(2)39-41(32)26-12-5-4-6-13-26)30(23-10-9-11-24(35)20-23)40(33)28-15-8-7-14-27(28)37-31/h4-20,30H,3H2,1-2H3,(H,36,37). The van der Waals surface area contributed by atoms with Crippen LogP contribution in [-0.4, -0.2) is 34.0 Å². The van der Waals surface area contributed by atoms with Crippen molar-refractivity contribution < 1.29 is 9.53 Å². The van der Waals surface area contributed by atoms with Crippen LogP contribution in [0.4, 0.5) is 22.9 Å². The van der Waals surface area contributed by atoms with E-state index in [1.807, 2.05) is 78.3 Å². The minimum Gasteiger partial charge on any atom is -0.462 e. The Morgan fingerprint density at radius 3 is 2.47 bits per heavy atom. The number of carbonyl (C=O) groups is 1. The fourth-order valence-corrected chi connectivity index (χ4v) is 6.00. The first-order valence-corrected chi connectivity index (χ1v) is 14.8. The Morgan fingerprint density at radius 1 is 0.930 bits per heavy atom. The molecule has 0 radical (unpaired) electrons. The van der Waals surface area contributed by atoms with Crippen molar-refractivity contribution in [2.45, 2.75) is 19.9 Å². The maximum absolute atomic E-state index is 12.2. The predicted molar refractivity (Wildman–Crippen MR) is 173 cm³/mol. The number of nitrogens with one attached hydrogen (secondary N) is 1. The number of aryl methyl sites for hydroxylation is 1. The largest absolute Gasteiger partial charge is 0.462 e. The zero-order chi connectivity index (χ0) is 29.5. The molecule has 4 aromatic carbocycles. The Kier molecular flexibility index (Phi) is 6.87. The van der Waals surface area contributed by atoms with Crippen molar-refractivity contribution in [1.29, 1.82) is 0 Å². The Morgan fingerprint density at radius 2 is 1.70 bits per heavy atom. The Balaban J connectivity index is 1.42. The third-order valence-electron chi connectivity index (χ3n) is 7.46. The van der Waals surface area contributed by atoms with E-state index in [-0.39, 0.29) is 12.0 Å². The molecule has 2 aliphatic heterocycles. The highest BCUT2D eigenvalue weighted by Crippen LogP contribution is 2.48. The van der Waals surface area contributed by atoms with Crippen LogP contribution in [0.3, 0.4) is 0 Å². The number of carbonyl (C=O) groups excluding carboxylic acids is 1. The third-order valence-corrected chi connectivity index (χ3v) is 7.96. The summed E-state index contributed by atoms with van der Waals surface area (Å²) in [7, 11) is 0. The summed E-state index contributed by atoms with van der Waals surface area (Å²) < 4.78 is 8.05. The van der Waals surface area contributed by atoms with Gasteiger partial charge in [0, 0.05) is 15.7 Å². The number of aromatic nitrogens is 2. The fourth-order valence-electron chi connectivity index (χ4n) is 5.58. The van der Waals surface area contributed by atoms with Crippen molar-refractivity contribution in [2.75, 3.05) is 16.8 Å². The summed E-state index contributed by atoms with van der Waals surface area (Å²) in [5.74, 6) is 1.66. The van der Waals surface area contributed by atoms with Crippen LogP contribution in [0.25, 0.3) is 5.69 Å². The van der Waals surface area contributed by atoms with Gasteiger partial charge in [-0.1, -0.05) is 58.4 Å². The number of hydrogen-bond donors (Lipinski definition) is 1. The van der Waals surface area contributed by atoms with Gasteiger partial charge in [-0.2, -0.15) is 5.10 Å². The van der Waals surface area contributed by atoms with Gasteiger partial charge in [0.1, 0.15) is 0 Å². The number of nitrogens with zero attached hydrogens (tertiary/aromatic N) is 5. The van der Waals surface area contributed by atoms with Crippen molar-refractivity contribution in [3.63, 3.8) is 0 Å². The lowest BCUT2D eigenvalue weighted by atomic mass is 9.93. The van der Waals surface area contributed by atoms with Crippen LogP contribution in [-0.2, 0) is 4.74 Å². The summed E-state index contributed by atoms with van der Waals surface area (Å²) in [4.78, 5) is 24.8. The molecule has 0 amide bonds. The van der Waals surface area contributed by atoms with Gasteiger partial charge in [0.2, 0.25) is 0 Å². The lowest BCUT2D eigenvalue weighted by molar-refractivity contribution is 0.0526. The zero-order valence-electron chi connectivity index (χ0n) is 23.5. The van der Waals surface area contributed by atoms with E-state index in [1.165, 1.54) is 0 Å². The second kappa shape index (κ2) is 11.0. The molecule has 0 aliphatic carbocycles. The van der Waals surface area contributed by atoms with Gasteiger partial charge in [-0.3, -0.25) is 0 Å². The van der Waals surface area contributed by atoms with Crippen LogP contribution >= 0.6 is 15.9 Å². The van der Waals surface area contributed by atoms with Crippen molar-refractivity contribution >= 4 is 56.5 Å². The van der Waals surface area contributed by atoms with Crippen molar-refractivity contribution in [3.05, 3.63) is 130 Å². The van der Waals surface area contributed by atoms with E-state index in [1.54, 1.807) is 19.1 Å².